The van der Waals surface area contributed by atoms with Gasteiger partial charge in [0.2, 0.25) is 0 Å². The van der Waals surface area contributed by atoms with Crippen molar-refractivity contribution in [1.82, 2.24) is 10.3 Å². The Morgan fingerprint density at radius 1 is 1.16 bits per heavy atom. The molecule has 4 rings (SSSR count). The number of carbonyl (C=O) groups is 1. The molecule has 168 valence electrons. The lowest BCUT2D eigenvalue weighted by molar-refractivity contribution is 0.0893. The number of aromatic nitrogens is 1. The van der Waals surface area contributed by atoms with Crippen molar-refractivity contribution in [1.29, 1.82) is 5.26 Å². The summed E-state index contributed by atoms with van der Waals surface area (Å²) in [6.45, 7) is 4.35. The molecule has 0 radical (unpaired) electrons. The number of hydrogen-bond acceptors (Lipinski definition) is 5. The number of carbonyl (C=O) groups excluding carboxylic acids is 1. The molecule has 1 aliphatic carbocycles. The summed E-state index contributed by atoms with van der Waals surface area (Å²) in [5, 5.41) is 12.5. The first kappa shape index (κ1) is 22.4. The molecule has 32 heavy (non-hydrogen) atoms. The molecule has 2 aromatic rings. The molecule has 1 aliphatic heterocycles. The van der Waals surface area contributed by atoms with Gasteiger partial charge in [-0.15, -0.1) is 0 Å². The van der Waals surface area contributed by atoms with E-state index in [-0.39, 0.29) is 18.1 Å². The van der Waals surface area contributed by atoms with Gasteiger partial charge in [-0.2, -0.15) is 5.26 Å². The van der Waals surface area contributed by atoms with E-state index >= 15 is 0 Å². The van der Waals surface area contributed by atoms with Crippen LogP contribution < -0.4 is 15.0 Å². The summed E-state index contributed by atoms with van der Waals surface area (Å²) in [4.78, 5) is 19.5. The van der Waals surface area contributed by atoms with Gasteiger partial charge in [0.05, 0.1) is 22.3 Å². The maximum absolute atomic E-state index is 12.7. The molecule has 0 unspecified atom stereocenters. The lowest BCUT2D eigenvalue weighted by atomic mass is 9.92. The lowest BCUT2D eigenvalue weighted by Gasteiger charge is -2.31. The molecule has 2 heterocycles. The Balaban J connectivity index is 1.24. The predicted octanol–water partition coefficient (Wildman–Crippen LogP) is 4.96. The van der Waals surface area contributed by atoms with Gasteiger partial charge in [0.25, 0.3) is 5.91 Å². The maximum Gasteiger partial charge on any atom is 0.253 e. The van der Waals surface area contributed by atoms with Crippen LogP contribution in [0.15, 0.2) is 36.5 Å². The maximum atomic E-state index is 12.7. The quantitative estimate of drug-likeness (QED) is 0.693. The standard InChI is InChI=1S/C25H29ClN4O2/c1-17-10-12-30(13-11-17)24-9-3-19(16-28-24)25(31)29-20-4-7-21(8-5-20)32-22-6-2-18(15-27)23(26)14-22/h2-3,6,9,14,16-17,20-21H,4-5,7-8,10-13H2,1H3,(H,29,31)/t20-,21-. The largest absolute Gasteiger partial charge is 0.490 e. The number of hydrogen-bond donors (Lipinski definition) is 1. The first-order valence-electron chi connectivity index (χ1n) is 11.4. The van der Waals surface area contributed by atoms with Crippen LogP contribution in [-0.2, 0) is 0 Å². The van der Waals surface area contributed by atoms with Gasteiger partial charge < -0.3 is 15.0 Å². The number of pyridine rings is 1. The fourth-order valence-corrected chi connectivity index (χ4v) is 4.60. The van der Waals surface area contributed by atoms with E-state index in [1.807, 2.05) is 12.1 Å². The van der Waals surface area contributed by atoms with Gasteiger partial charge in [-0.1, -0.05) is 18.5 Å². The second-order valence-electron chi connectivity index (χ2n) is 8.89. The number of piperidine rings is 1. The van der Waals surface area contributed by atoms with E-state index < -0.39 is 0 Å². The van der Waals surface area contributed by atoms with Crippen molar-refractivity contribution < 1.29 is 9.53 Å². The molecule has 0 bridgehead atoms. The number of nitrogens with zero attached hydrogens (tertiary/aromatic N) is 3. The third-order valence-corrected chi connectivity index (χ3v) is 6.80. The molecule has 2 fully saturated rings. The third kappa shape index (κ3) is 5.52. The molecule has 1 N–H and O–H groups in total. The fourth-order valence-electron chi connectivity index (χ4n) is 4.39. The zero-order chi connectivity index (χ0) is 22.5. The van der Waals surface area contributed by atoms with E-state index in [1.165, 1.54) is 12.8 Å². The normalized spacial score (nSPS) is 21.6. The van der Waals surface area contributed by atoms with E-state index in [1.54, 1.807) is 24.4 Å². The summed E-state index contributed by atoms with van der Waals surface area (Å²) in [5.74, 6) is 2.34. The lowest BCUT2D eigenvalue weighted by Crippen LogP contribution is -2.39. The van der Waals surface area contributed by atoms with Gasteiger partial charge in [-0.05, 0) is 68.7 Å². The molecule has 1 saturated carbocycles. The highest BCUT2D eigenvalue weighted by atomic mass is 35.5. The molecule has 0 atom stereocenters. The molecule has 0 spiro atoms. The number of amides is 1. The molecule has 1 aromatic carbocycles. The Morgan fingerprint density at radius 2 is 1.91 bits per heavy atom. The highest BCUT2D eigenvalue weighted by Crippen LogP contribution is 2.27. The second-order valence-corrected chi connectivity index (χ2v) is 9.30. The van der Waals surface area contributed by atoms with Crippen molar-refractivity contribution in [3.05, 3.63) is 52.7 Å². The molecule has 1 saturated heterocycles. The van der Waals surface area contributed by atoms with Crippen LogP contribution in [0.1, 0.15) is 61.4 Å². The third-order valence-electron chi connectivity index (χ3n) is 6.49. The van der Waals surface area contributed by atoms with Crippen molar-refractivity contribution in [2.24, 2.45) is 5.92 Å². The second kappa shape index (κ2) is 10.2. The minimum atomic E-state index is -0.0699. The molecular formula is C25H29ClN4O2. The number of nitrogens with one attached hydrogen (secondary N) is 1. The van der Waals surface area contributed by atoms with Crippen LogP contribution in [0.3, 0.4) is 0 Å². The number of anilines is 1. The summed E-state index contributed by atoms with van der Waals surface area (Å²) in [6.07, 6.45) is 7.57. The first-order chi connectivity index (χ1) is 15.5. The van der Waals surface area contributed by atoms with Crippen molar-refractivity contribution in [3.8, 4) is 11.8 Å². The summed E-state index contributed by atoms with van der Waals surface area (Å²) in [6, 6.07) is 11.2. The average molecular weight is 453 g/mol. The first-order valence-corrected chi connectivity index (χ1v) is 11.8. The van der Waals surface area contributed by atoms with Crippen molar-refractivity contribution in [2.75, 3.05) is 18.0 Å². The Bertz CT molecular complexity index is 972. The smallest absolute Gasteiger partial charge is 0.253 e. The van der Waals surface area contributed by atoms with Gasteiger partial charge in [-0.3, -0.25) is 4.79 Å². The molecule has 1 amide bonds. The molecule has 7 heteroatoms. The molecule has 2 aliphatic rings. The zero-order valence-corrected chi connectivity index (χ0v) is 19.1. The van der Waals surface area contributed by atoms with Crippen molar-refractivity contribution >= 4 is 23.3 Å². The monoisotopic (exact) mass is 452 g/mol. The number of nitriles is 1. The Kier molecular flexibility index (Phi) is 7.16. The highest BCUT2D eigenvalue weighted by molar-refractivity contribution is 6.31. The van der Waals surface area contributed by atoms with E-state index in [9.17, 15) is 4.79 Å². The fraction of sp³-hybridized carbons (Fsp3) is 0.480. The predicted molar refractivity (Wildman–Crippen MR) is 125 cm³/mol. The topological polar surface area (TPSA) is 78.3 Å². The average Bonchev–Trinajstić information content (AvgIpc) is 2.81. The van der Waals surface area contributed by atoms with Gasteiger partial charge in [0, 0.05) is 31.4 Å². The Hall–Kier alpha value is -2.78. The summed E-state index contributed by atoms with van der Waals surface area (Å²) < 4.78 is 6.03. The van der Waals surface area contributed by atoms with Crippen LogP contribution in [0.2, 0.25) is 5.02 Å². The highest BCUT2D eigenvalue weighted by Gasteiger charge is 2.24. The number of rotatable bonds is 5. The SMILES string of the molecule is CC1CCN(c2ccc(C(=O)N[C@H]3CC[C@H](Oc4ccc(C#N)c(Cl)c4)CC3)cn2)CC1. The number of ether oxygens (including phenoxy) is 1. The van der Waals surface area contributed by atoms with Gasteiger partial charge in [0.1, 0.15) is 17.6 Å². The van der Waals surface area contributed by atoms with E-state index in [2.05, 4.69) is 28.2 Å². The van der Waals surface area contributed by atoms with Gasteiger partial charge in [-0.25, -0.2) is 4.98 Å². The summed E-state index contributed by atoms with van der Waals surface area (Å²) in [5.41, 5.74) is 1.04. The van der Waals surface area contributed by atoms with Gasteiger partial charge in [0.15, 0.2) is 0 Å². The zero-order valence-electron chi connectivity index (χ0n) is 18.4. The van der Waals surface area contributed by atoms with E-state index in [0.29, 0.717) is 21.9 Å². The van der Waals surface area contributed by atoms with E-state index in [4.69, 9.17) is 21.6 Å². The van der Waals surface area contributed by atoms with Crippen molar-refractivity contribution in [2.45, 2.75) is 57.6 Å². The van der Waals surface area contributed by atoms with Crippen LogP contribution in [0.25, 0.3) is 0 Å². The molecule has 6 nitrogen and oxygen atoms in total. The van der Waals surface area contributed by atoms with Crippen LogP contribution >= 0.6 is 11.6 Å². The van der Waals surface area contributed by atoms with Gasteiger partial charge >= 0.3 is 0 Å². The molecular weight excluding hydrogens is 424 g/mol. The Morgan fingerprint density at radius 3 is 2.53 bits per heavy atom. The van der Waals surface area contributed by atoms with Crippen LogP contribution in [0.5, 0.6) is 5.75 Å². The van der Waals surface area contributed by atoms with E-state index in [0.717, 1.165) is 50.5 Å². The Labute approximate surface area is 194 Å². The summed E-state index contributed by atoms with van der Waals surface area (Å²) >= 11 is 6.09. The van der Waals surface area contributed by atoms with Crippen LogP contribution in [-0.4, -0.2) is 36.1 Å². The number of halogens is 1. The minimum Gasteiger partial charge on any atom is -0.490 e. The number of benzene rings is 1. The summed E-state index contributed by atoms with van der Waals surface area (Å²) in [7, 11) is 0. The van der Waals surface area contributed by atoms with Crippen LogP contribution in [0, 0.1) is 17.2 Å². The minimum absolute atomic E-state index is 0.0699. The van der Waals surface area contributed by atoms with Crippen LogP contribution in [0.4, 0.5) is 5.82 Å². The molecule has 1 aromatic heterocycles. The van der Waals surface area contributed by atoms with Crippen molar-refractivity contribution in [3.63, 3.8) is 0 Å².